The molecular weight excluding hydrogens is 264 g/mol. The van der Waals surface area contributed by atoms with E-state index in [1.807, 2.05) is 26.8 Å². The molecule has 1 aromatic carbocycles. The summed E-state index contributed by atoms with van der Waals surface area (Å²) in [6, 6.07) is 5.04. The van der Waals surface area contributed by atoms with Gasteiger partial charge in [0.2, 0.25) is 0 Å². The Morgan fingerprint density at radius 2 is 2.16 bits per heavy atom. The second-order valence-corrected chi connectivity index (χ2v) is 4.93. The topological polar surface area (TPSA) is 76.8 Å². The molecule has 6 nitrogen and oxygen atoms in total. The van der Waals surface area contributed by atoms with Crippen molar-refractivity contribution in [2.75, 3.05) is 0 Å². The maximum Gasteiger partial charge on any atom is 0.280 e. The van der Waals surface area contributed by atoms with Crippen LogP contribution in [-0.4, -0.2) is 19.7 Å². The van der Waals surface area contributed by atoms with Crippen LogP contribution in [0.1, 0.15) is 25.5 Å². The summed E-state index contributed by atoms with van der Waals surface area (Å²) in [6.45, 7) is 5.74. The van der Waals surface area contributed by atoms with E-state index in [0.717, 1.165) is 5.56 Å². The number of hydrogen-bond donors (Lipinski definition) is 1. The van der Waals surface area contributed by atoms with Crippen molar-refractivity contribution in [2.45, 2.75) is 26.8 Å². The maximum absolute atomic E-state index is 11.2. The molecule has 19 heavy (non-hydrogen) atoms. The van der Waals surface area contributed by atoms with E-state index in [0.29, 0.717) is 16.2 Å². The summed E-state index contributed by atoms with van der Waals surface area (Å²) in [5, 5.41) is 18.0. The molecule has 0 amide bonds. The number of nitrogens with one attached hydrogen (secondary N) is 1. The largest absolute Gasteiger partial charge is 0.297 e. The van der Waals surface area contributed by atoms with Gasteiger partial charge < -0.3 is 0 Å². The minimum Gasteiger partial charge on any atom is -0.297 e. The average Bonchev–Trinajstić information content (AvgIpc) is 2.70. The van der Waals surface area contributed by atoms with E-state index in [-0.39, 0.29) is 11.7 Å². The lowest BCUT2D eigenvalue weighted by molar-refractivity contribution is -0.384. The van der Waals surface area contributed by atoms with Crippen LogP contribution in [0.5, 0.6) is 0 Å². The first-order valence-electron chi connectivity index (χ1n) is 5.84. The van der Waals surface area contributed by atoms with Crippen molar-refractivity contribution < 1.29 is 4.92 Å². The van der Waals surface area contributed by atoms with Crippen LogP contribution >= 0.6 is 12.2 Å². The maximum atomic E-state index is 11.2. The van der Waals surface area contributed by atoms with E-state index in [2.05, 4.69) is 10.2 Å². The Kier molecular flexibility index (Phi) is 3.48. The van der Waals surface area contributed by atoms with E-state index in [1.54, 1.807) is 10.6 Å². The predicted octanol–water partition coefficient (Wildman–Crippen LogP) is 3.41. The van der Waals surface area contributed by atoms with Crippen LogP contribution in [0.3, 0.4) is 0 Å². The molecule has 0 aliphatic carbocycles. The molecule has 0 aliphatic heterocycles. The first-order valence-corrected chi connectivity index (χ1v) is 6.25. The van der Waals surface area contributed by atoms with Crippen LogP contribution in [0.25, 0.3) is 11.4 Å². The summed E-state index contributed by atoms with van der Waals surface area (Å²) in [7, 11) is 0. The minimum atomic E-state index is -0.398. The third-order valence-corrected chi connectivity index (χ3v) is 3.18. The SMILES string of the molecule is Cc1cccc([N+](=O)[O-])c1-c1n[nH]c(=S)n1C(C)C. The number of nitrogens with zero attached hydrogens (tertiary/aromatic N) is 3. The van der Waals surface area contributed by atoms with Gasteiger partial charge in [0.1, 0.15) is 0 Å². The average molecular weight is 278 g/mol. The Balaban J connectivity index is 2.80. The molecule has 1 heterocycles. The van der Waals surface area contributed by atoms with Gasteiger partial charge in [0.15, 0.2) is 10.6 Å². The smallest absolute Gasteiger partial charge is 0.280 e. The number of nitro groups is 1. The highest BCUT2D eigenvalue weighted by Gasteiger charge is 2.23. The Morgan fingerprint density at radius 1 is 1.47 bits per heavy atom. The third kappa shape index (κ3) is 2.28. The molecule has 0 saturated heterocycles. The lowest BCUT2D eigenvalue weighted by Gasteiger charge is -2.12. The van der Waals surface area contributed by atoms with E-state index < -0.39 is 4.92 Å². The molecule has 0 radical (unpaired) electrons. The second-order valence-electron chi connectivity index (χ2n) is 4.54. The number of aromatic amines is 1. The first kappa shape index (κ1) is 13.4. The van der Waals surface area contributed by atoms with Crippen LogP contribution in [0, 0.1) is 21.8 Å². The van der Waals surface area contributed by atoms with Crippen molar-refractivity contribution >= 4 is 17.9 Å². The van der Waals surface area contributed by atoms with Crippen molar-refractivity contribution in [1.29, 1.82) is 0 Å². The normalized spacial score (nSPS) is 10.9. The molecule has 0 saturated carbocycles. The molecule has 0 atom stereocenters. The second kappa shape index (κ2) is 4.93. The number of benzene rings is 1. The van der Waals surface area contributed by atoms with E-state index in [1.165, 1.54) is 6.07 Å². The van der Waals surface area contributed by atoms with Gasteiger partial charge in [-0.25, -0.2) is 0 Å². The van der Waals surface area contributed by atoms with Gasteiger partial charge in [-0.05, 0) is 38.6 Å². The monoisotopic (exact) mass is 278 g/mol. The zero-order valence-electron chi connectivity index (χ0n) is 10.9. The highest BCUT2D eigenvalue weighted by molar-refractivity contribution is 7.71. The summed E-state index contributed by atoms with van der Waals surface area (Å²) in [5.41, 5.74) is 1.34. The Hall–Kier alpha value is -2.02. The molecule has 2 rings (SSSR count). The fraction of sp³-hybridized carbons (Fsp3) is 0.333. The number of nitro benzene ring substituents is 1. The van der Waals surface area contributed by atoms with Crippen molar-refractivity contribution in [1.82, 2.24) is 14.8 Å². The van der Waals surface area contributed by atoms with E-state index in [9.17, 15) is 10.1 Å². The quantitative estimate of drug-likeness (QED) is 0.530. The number of rotatable bonds is 3. The molecule has 7 heteroatoms. The van der Waals surface area contributed by atoms with Gasteiger partial charge in [-0.1, -0.05) is 12.1 Å². The highest BCUT2D eigenvalue weighted by Crippen LogP contribution is 2.32. The number of aryl methyl sites for hydroxylation is 1. The predicted molar refractivity (Wildman–Crippen MR) is 74.6 cm³/mol. The van der Waals surface area contributed by atoms with Crippen molar-refractivity contribution in [3.05, 3.63) is 38.6 Å². The van der Waals surface area contributed by atoms with Gasteiger partial charge in [0, 0.05) is 12.1 Å². The molecular formula is C12H14N4O2S. The molecule has 0 fully saturated rings. The number of H-pyrrole nitrogens is 1. The summed E-state index contributed by atoms with van der Waals surface area (Å²) in [5.74, 6) is 0.504. The van der Waals surface area contributed by atoms with E-state index in [4.69, 9.17) is 12.2 Å². The lowest BCUT2D eigenvalue weighted by atomic mass is 10.1. The zero-order valence-corrected chi connectivity index (χ0v) is 11.7. The van der Waals surface area contributed by atoms with Gasteiger partial charge in [0.05, 0.1) is 10.5 Å². The summed E-state index contributed by atoms with van der Waals surface area (Å²) >= 11 is 5.18. The van der Waals surface area contributed by atoms with Crippen molar-refractivity contribution in [3.63, 3.8) is 0 Å². The first-order chi connectivity index (χ1) is 8.93. The van der Waals surface area contributed by atoms with E-state index >= 15 is 0 Å². The van der Waals surface area contributed by atoms with Crippen LogP contribution in [0.2, 0.25) is 0 Å². The Morgan fingerprint density at radius 3 is 2.74 bits per heavy atom. The van der Waals surface area contributed by atoms with Crippen molar-refractivity contribution in [3.8, 4) is 11.4 Å². The molecule has 0 spiro atoms. The molecule has 100 valence electrons. The van der Waals surface area contributed by atoms with Gasteiger partial charge in [-0.2, -0.15) is 5.10 Å². The highest BCUT2D eigenvalue weighted by atomic mass is 32.1. The van der Waals surface area contributed by atoms with Crippen LogP contribution in [-0.2, 0) is 0 Å². The zero-order chi connectivity index (χ0) is 14.2. The number of hydrogen-bond acceptors (Lipinski definition) is 4. The fourth-order valence-corrected chi connectivity index (χ4v) is 2.40. The number of aromatic nitrogens is 3. The third-order valence-electron chi connectivity index (χ3n) is 2.89. The Labute approximate surface area is 115 Å². The summed E-state index contributed by atoms with van der Waals surface area (Å²) in [4.78, 5) is 10.8. The van der Waals surface area contributed by atoms with Gasteiger partial charge in [-0.3, -0.25) is 19.8 Å². The standard InChI is InChI=1S/C12H14N4O2S/c1-7(2)15-11(13-14-12(15)19)10-8(3)5-4-6-9(10)16(17)18/h4-7H,1-3H3,(H,14,19). The van der Waals surface area contributed by atoms with Crippen LogP contribution < -0.4 is 0 Å². The summed E-state index contributed by atoms with van der Waals surface area (Å²) in [6.07, 6.45) is 0. The Bertz CT molecular complexity index is 687. The van der Waals surface area contributed by atoms with Gasteiger partial charge in [-0.15, -0.1) is 0 Å². The van der Waals surface area contributed by atoms with Crippen LogP contribution in [0.4, 0.5) is 5.69 Å². The summed E-state index contributed by atoms with van der Waals surface area (Å²) < 4.78 is 2.24. The molecule has 1 aromatic heterocycles. The van der Waals surface area contributed by atoms with Gasteiger partial charge in [0.25, 0.3) is 5.69 Å². The molecule has 2 aromatic rings. The van der Waals surface area contributed by atoms with Crippen molar-refractivity contribution in [2.24, 2.45) is 0 Å². The van der Waals surface area contributed by atoms with Crippen LogP contribution in [0.15, 0.2) is 18.2 Å². The minimum absolute atomic E-state index is 0.0379. The fourth-order valence-electron chi connectivity index (χ4n) is 2.06. The molecule has 0 unspecified atom stereocenters. The molecule has 1 N–H and O–H groups in total. The lowest BCUT2D eigenvalue weighted by Crippen LogP contribution is -2.05. The molecule has 0 bridgehead atoms. The van der Waals surface area contributed by atoms with Gasteiger partial charge >= 0.3 is 0 Å². The molecule has 0 aliphatic rings.